The highest BCUT2D eigenvalue weighted by Gasteiger charge is 2.03. The smallest absolute Gasteiger partial charge is 0.00921 e. The van der Waals surface area contributed by atoms with Crippen LogP contribution < -0.4 is 0 Å². The van der Waals surface area contributed by atoms with Gasteiger partial charge in [-0.3, -0.25) is 0 Å². The zero-order valence-corrected chi connectivity index (χ0v) is 10.2. The van der Waals surface area contributed by atoms with Crippen LogP contribution in [0.25, 0.3) is 0 Å². The van der Waals surface area contributed by atoms with Crippen molar-refractivity contribution >= 4 is 0 Å². The molecule has 0 aliphatic heterocycles. The number of hydrogen-bond donors (Lipinski definition) is 0. The Hall–Kier alpha value is -1.04. The van der Waals surface area contributed by atoms with Gasteiger partial charge in [0.2, 0.25) is 0 Å². The predicted octanol–water partition coefficient (Wildman–Crippen LogP) is 4.54. The summed E-state index contributed by atoms with van der Waals surface area (Å²) in [6.07, 6.45) is 7.33. The molecule has 0 atom stereocenters. The third-order valence-corrected chi connectivity index (χ3v) is 2.81. The third kappa shape index (κ3) is 3.54. The first kappa shape index (κ1) is 12.0. The van der Waals surface area contributed by atoms with Crippen molar-refractivity contribution in [1.82, 2.24) is 0 Å². The molecule has 0 unspecified atom stereocenters. The van der Waals surface area contributed by atoms with Crippen molar-refractivity contribution in [2.45, 2.75) is 46.5 Å². The van der Waals surface area contributed by atoms with E-state index < -0.39 is 0 Å². The first-order valence-corrected chi connectivity index (χ1v) is 6.08. The molecule has 0 heteroatoms. The molecule has 0 fully saturated rings. The van der Waals surface area contributed by atoms with Crippen molar-refractivity contribution in [3.05, 3.63) is 47.0 Å². The minimum atomic E-state index is 1.13. The zero-order valence-electron chi connectivity index (χ0n) is 10.2. The summed E-state index contributed by atoms with van der Waals surface area (Å²) in [5.41, 5.74) is 4.61. The minimum absolute atomic E-state index is 1.13. The van der Waals surface area contributed by atoms with E-state index in [1.807, 2.05) is 13.8 Å². The molecule has 1 aliphatic carbocycles. The lowest BCUT2D eigenvalue weighted by atomic mass is 9.94. The van der Waals surface area contributed by atoms with Gasteiger partial charge in [-0.05, 0) is 43.7 Å². The normalized spacial score (nSPS) is 18.5. The molecule has 1 aromatic carbocycles. The van der Waals surface area contributed by atoms with E-state index in [0.29, 0.717) is 0 Å². The van der Waals surface area contributed by atoms with Crippen LogP contribution in [0.2, 0.25) is 0 Å². The minimum Gasteiger partial charge on any atom is -0.0812 e. The maximum absolute atomic E-state index is 2.37. The van der Waals surface area contributed by atoms with Crippen LogP contribution >= 0.6 is 0 Å². The second kappa shape index (κ2) is 6.44. The Morgan fingerprint density at radius 3 is 2.33 bits per heavy atom. The molecule has 0 aromatic heterocycles. The summed E-state index contributed by atoms with van der Waals surface area (Å²) < 4.78 is 0. The van der Waals surface area contributed by atoms with Crippen molar-refractivity contribution in [3.63, 3.8) is 0 Å². The lowest BCUT2D eigenvalue weighted by Crippen LogP contribution is -1.97. The SMILES string of the molecule is C/C1=C/Cc2ccccc2CCC1.CC. The van der Waals surface area contributed by atoms with Gasteiger partial charge in [0, 0.05) is 0 Å². The van der Waals surface area contributed by atoms with Gasteiger partial charge < -0.3 is 0 Å². The van der Waals surface area contributed by atoms with Gasteiger partial charge in [-0.2, -0.15) is 0 Å². The molecular weight excluding hydrogens is 180 g/mol. The third-order valence-electron chi connectivity index (χ3n) is 2.81. The number of rotatable bonds is 0. The van der Waals surface area contributed by atoms with Crippen LogP contribution in [-0.2, 0) is 12.8 Å². The lowest BCUT2D eigenvalue weighted by Gasteiger charge is -2.11. The van der Waals surface area contributed by atoms with Crippen molar-refractivity contribution < 1.29 is 0 Å². The molecule has 0 saturated heterocycles. The van der Waals surface area contributed by atoms with Crippen LogP contribution in [0.15, 0.2) is 35.9 Å². The van der Waals surface area contributed by atoms with E-state index in [4.69, 9.17) is 0 Å². The quantitative estimate of drug-likeness (QED) is 0.542. The van der Waals surface area contributed by atoms with E-state index in [0.717, 1.165) is 6.42 Å². The Morgan fingerprint density at radius 1 is 0.933 bits per heavy atom. The highest BCUT2D eigenvalue weighted by molar-refractivity contribution is 5.30. The standard InChI is InChI=1S/C13H16.C2H6/c1-11-5-4-8-12-6-2-3-7-13(12)10-9-11;1-2/h2-3,6-7,9H,4-5,8,10H2,1H3;1-2H3/b11-9-;. The summed E-state index contributed by atoms with van der Waals surface area (Å²) in [4.78, 5) is 0. The van der Waals surface area contributed by atoms with E-state index in [1.54, 1.807) is 11.1 Å². The van der Waals surface area contributed by atoms with Crippen molar-refractivity contribution in [2.24, 2.45) is 0 Å². The summed E-state index contributed by atoms with van der Waals surface area (Å²) in [5, 5.41) is 0. The average molecular weight is 202 g/mol. The molecule has 0 saturated carbocycles. The molecule has 0 heterocycles. The Labute approximate surface area is 94.0 Å². The van der Waals surface area contributed by atoms with Crippen LogP contribution in [0.3, 0.4) is 0 Å². The van der Waals surface area contributed by atoms with Crippen molar-refractivity contribution in [1.29, 1.82) is 0 Å². The van der Waals surface area contributed by atoms with Gasteiger partial charge in [0.1, 0.15) is 0 Å². The summed E-state index contributed by atoms with van der Waals surface area (Å²) >= 11 is 0. The Balaban J connectivity index is 0.000000531. The van der Waals surface area contributed by atoms with E-state index in [-0.39, 0.29) is 0 Å². The monoisotopic (exact) mass is 202 g/mol. The van der Waals surface area contributed by atoms with Gasteiger partial charge in [0.25, 0.3) is 0 Å². The summed E-state index contributed by atoms with van der Waals surface area (Å²) in [6, 6.07) is 8.81. The summed E-state index contributed by atoms with van der Waals surface area (Å²) in [5.74, 6) is 0. The maximum atomic E-state index is 2.37. The van der Waals surface area contributed by atoms with Gasteiger partial charge in [0.15, 0.2) is 0 Å². The van der Waals surface area contributed by atoms with E-state index >= 15 is 0 Å². The number of fused-ring (bicyclic) bond motifs is 1. The maximum Gasteiger partial charge on any atom is -0.00921 e. The highest BCUT2D eigenvalue weighted by atomic mass is 14.1. The largest absolute Gasteiger partial charge is 0.0812 e. The topological polar surface area (TPSA) is 0 Å². The van der Waals surface area contributed by atoms with Crippen LogP contribution in [0.4, 0.5) is 0 Å². The molecule has 0 amide bonds. The first-order valence-electron chi connectivity index (χ1n) is 6.08. The molecule has 0 spiro atoms. The van der Waals surface area contributed by atoms with Crippen molar-refractivity contribution in [2.75, 3.05) is 0 Å². The molecule has 0 bridgehead atoms. The van der Waals surface area contributed by atoms with Crippen LogP contribution in [0.5, 0.6) is 0 Å². The fourth-order valence-corrected chi connectivity index (χ4v) is 1.94. The highest BCUT2D eigenvalue weighted by Crippen LogP contribution is 2.19. The molecule has 0 nitrogen and oxygen atoms in total. The lowest BCUT2D eigenvalue weighted by molar-refractivity contribution is 0.790. The Kier molecular flexibility index (Phi) is 5.17. The molecule has 0 N–H and O–H groups in total. The Bertz CT molecular complexity index is 321. The first-order chi connectivity index (χ1) is 7.36. The fraction of sp³-hybridized carbons (Fsp3) is 0.467. The van der Waals surface area contributed by atoms with Crippen LogP contribution in [0.1, 0.15) is 44.7 Å². The second-order valence-electron chi connectivity index (χ2n) is 3.88. The molecule has 1 aliphatic rings. The summed E-state index contributed by atoms with van der Waals surface area (Å²) in [6.45, 7) is 6.24. The molecule has 0 radical (unpaired) electrons. The fourth-order valence-electron chi connectivity index (χ4n) is 1.94. The van der Waals surface area contributed by atoms with Gasteiger partial charge in [-0.1, -0.05) is 49.8 Å². The van der Waals surface area contributed by atoms with Gasteiger partial charge in [-0.25, -0.2) is 0 Å². The van der Waals surface area contributed by atoms with Crippen LogP contribution in [0, 0.1) is 0 Å². The van der Waals surface area contributed by atoms with Crippen LogP contribution in [-0.4, -0.2) is 0 Å². The molecule has 1 aromatic rings. The second-order valence-corrected chi connectivity index (χ2v) is 3.88. The molecule has 2 rings (SSSR count). The zero-order chi connectivity index (χ0) is 11.1. The average Bonchev–Trinajstić information content (AvgIpc) is 2.28. The number of aryl methyl sites for hydroxylation is 1. The number of hydrogen-bond acceptors (Lipinski definition) is 0. The predicted molar refractivity (Wildman–Crippen MR) is 68.2 cm³/mol. The summed E-state index contributed by atoms with van der Waals surface area (Å²) in [7, 11) is 0. The molecular formula is C15H22. The van der Waals surface area contributed by atoms with E-state index in [9.17, 15) is 0 Å². The number of benzene rings is 1. The molecule has 15 heavy (non-hydrogen) atoms. The van der Waals surface area contributed by atoms with Gasteiger partial charge in [-0.15, -0.1) is 0 Å². The van der Waals surface area contributed by atoms with E-state index in [1.165, 1.54) is 24.8 Å². The van der Waals surface area contributed by atoms with Gasteiger partial charge in [0.05, 0.1) is 0 Å². The molecule has 82 valence electrons. The van der Waals surface area contributed by atoms with Gasteiger partial charge >= 0.3 is 0 Å². The van der Waals surface area contributed by atoms with Crippen molar-refractivity contribution in [3.8, 4) is 0 Å². The Morgan fingerprint density at radius 2 is 1.60 bits per heavy atom. The number of allylic oxidation sites excluding steroid dienone is 2. The van der Waals surface area contributed by atoms with E-state index in [2.05, 4.69) is 37.3 Å².